The van der Waals surface area contributed by atoms with Gasteiger partial charge >= 0.3 is 0 Å². The van der Waals surface area contributed by atoms with Gasteiger partial charge < -0.3 is 14.4 Å². The molecule has 1 aliphatic rings. The van der Waals surface area contributed by atoms with E-state index in [4.69, 9.17) is 9.47 Å². The Labute approximate surface area is 120 Å². The van der Waals surface area contributed by atoms with Crippen LogP contribution in [0.5, 0.6) is 5.75 Å². The molecule has 1 heterocycles. The van der Waals surface area contributed by atoms with E-state index >= 15 is 0 Å². The maximum absolute atomic E-state index is 12.5. The Morgan fingerprint density at radius 3 is 2.85 bits per heavy atom. The fraction of sp³-hybridized carbons (Fsp3) is 0.562. The average Bonchev–Trinajstić information content (AvgIpc) is 2.69. The summed E-state index contributed by atoms with van der Waals surface area (Å²) in [6.45, 7) is 6.93. The minimum Gasteiger partial charge on any atom is -0.494 e. The molecular formula is C16H23NO3. The fourth-order valence-electron chi connectivity index (χ4n) is 2.27. The largest absolute Gasteiger partial charge is 0.494 e. The maximum atomic E-state index is 12.5. The second-order valence-corrected chi connectivity index (χ2v) is 5.16. The summed E-state index contributed by atoms with van der Waals surface area (Å²) in [7, 11) is 0. The van der Waals surface area contributed by atoms with Crippen LogP contribution in [0.3, 0.4) is 0 Å². The van der Waals surface area contributed by atoms with E-state index in [0.717, 1.165) is 31.7 Å². The molecule has 1 aromatic carbocycles. The second-order valence-electron chi connectivity index (χ2n) is 5.16. The van der Waals surface area contributed by atoms with E-state index in [-0.39, 0.29) is 12.0 Å². The first-order valence-corrected chi connectivity index (χ1v) is 7.34. The molecule has 0 unspecified atom stereocenters. The zero-order valence-corrected chi connectivity index (χ0v) is 12.3. The summed E-state index contributed by atoms with van der Waals surface area (Å²) in [4.78, 5) is 14.3. The molecule has 2 rings (SSSR count). The molecule has 1 aliphatic heterocycles. The highest BCUT2D eigenvalue weighted by Crippen LogP contribution is 2.15. The molecule has 0 radical (unpaired) electrons. The first kappa shape index (κ1) is 14.9. The van der Waals surface area contributed by atoms with Crippen molar-refractivity contribution in [1.29, 1.82) is 0 Å². The summed E-state index contributed by atoms with van der Waals surface area (Å²) < 4.78 is 11.1. The predicted octanol–water partition coefficient (Wildman–Crippen LogP) is 2.73. The van der Waals surface area contributed by atoms with Crippen LogP contribution < -0.4 is 4.74 Å². The van der Waals surface area contributed by atoms with Crippen molar-refractivity contribution in [2.24, 2.45) is 0 Å². The van der Waals surface area contributed by atoms with Gasteiger partial charge in [-0.3, -0.25) is 4.79 Å². The molecule has 4 nitrogen and oxygen atoms in total. The lowest BCUT2D eigenvalue weighted by atomic mass is 10.2. The number of amides is 1. The fourth-order valence-corrected chi connectivity index (χ4v) is 2.27. The van der Waals surface area contributed by atoms with Crippen molar-refractivity contribution < 1.29 is 14.3 Å². The van der Waals surface area contributed by atoms with E-state index in [1.54, 1.807) is 0 Å². The van der Waals surface area contributed by atoms with E-state index in [0.29, 0.717) is 18.7 Å². The number of hydrogen-bond acceptors (Lipinski definition) is 3. The Kier molecular flexibility index (Phi) is 5.41. The molecule has 1 fully saturated rings. The monoisotopic (exact) mass is 277 g/mol. The van der Waals surface area contributed by atoms with Crippen LogP contribution in [-0.4, -0.2) is 43.2 Å². The lowest BCUT2D eigenvalue weighted by Gasteiger charge is -2.22. The highest BCUT2D eigenvalue weighted by molar-refractivity contribution is 5.94. The molecular weight excluding hydrogens is 254 g/mol. The van der Waals surface area contributed by atoms with Crippen LogP contribution in [0.15, 0.2) is 24.3 Å². The van der Waals surface area contributed by atoms with E-state index in [1.165, 1.54) is 0 Å². The third-order valence-electron chi connectivity index (χ3n) is 3.31. The first-order valence-electron chi connectivity index (χ1n) is 7.34. The van der Waals surface area contributed by atoms with Gasteiger partial charge in [-0.15, -0.1) is 0 Å². The summed E-state index contributed by atoms with van der Waals surface area (Å²) in [6, 6.07) is 7.40. The molecule has 1 aromatic rings. The minimum atomic E-state index is 0.0735. The number of benzene rings is 1. The number of carbonyl (C=O) groups is 1. The first-order chi connectivity index (χ1) is 9.70. The van der Waals surface area contributed by atoms with Gasteiger partial charge in [0, 0.05) is 25.3 Å². The van der Waals surface area contributed by atoms with E-state index in [9.17, 15) is 4.79 Å². The van der Waals surface area contributed by atoms with Crippen molar-refractivity contribution in [3.63, 3.8) is 0 Å². The van der Waals surface area contributed by atoms with Gasteiger partial charge in [-0.2, -0.15) is 0 Å². The van der Waals surface area contributed by atoms with Crippen molar-refractivity contribution >= 4 is 5.91 Å². The van der Waals surface area contributed by atoms with Gasteiger partial charge in [-0.1, -0.05) is 6.92 Å². The number of nitrogens with zero attached hydrogens (tertiary/aromatic N) is 1. The van der Waals surface area contributed by atoms with E-state index < -0.39 is 0 Å². The van der Waals surface area contributed by atoms with Crippen LogP contribution in [0, 0.1) is 0 Å². The Balaban J connectivity index is 2.00. The molecule has 1 amide bonds. The van der Waals surface area contributed by atoms with Crippen LogP contribution in [0.4, 0.5) is 0 Å². The number of rotatable bonds is 4. The van der Waals surface area contributed by atoms with Gasteiger partial charge in [-0.05, 0) is 44.0 Å². The Bertz CT molecular complexity index is 430. The van der Waals surface area contributed by atoms with Crippen LogP contribution in [-0.2, 0) is 4.74 Å². The molecule has 20 heavy (non-hydrogen) atoms. The molecule has 1 saturated heterocycles. The molecule has 0 bridgehead atoms. The Morgan fingerprint density at radius 2 is 2.15 bits per heavy atom. The van der Waals surface area contributed by atoms with Gasteiger partial charge in [0.2, 0.25) is 0 Å². The van der Waals surface area contributed by atoms with Crippen molar-refractivity contribution in [3.05, 3.63) is 29.8 Å². The number of ether oxygens (including phenoxy) is 2. The summed E-state index contributed by atoms with van der Waals surface area (Å²) in [5.74, 6) is 0.889. The summed E-state index contributed by atoms with van der Waals surface area (Å²) >= 11 is 0. The van der Waals surface area contributed by atoms with Gasteiger partial charge in [0.1, 0.15) is 5.75 Å². The van der Waals surface area contributed by atoms with Crippen molar-refractivity contribution in [3.8, 4) is 5.75 Å². The van der Waals surface area contributed by atoms with Crippen LogP contribution in [0.1, 0.15) is 37.0 Å². The Hall–Kier alpha value is -1.55. The summed E-state index contributed by atoms with van der Waals surface area (Å²) in [6.07, 6.45) is 1.98. The number of hydrogen-bond donors (Lipinski definition) is 0. The van der Waals surface area contributed by atoms with Crippen LogP contribution in [0.25, 0.3) is 0 Å². The third-order valence-corrected chi connectivity index (χ3v) is 3.31. The molecule has 0 saturated carbocycles. The average molecular weight is 277 g/mol. The Morgan fingerprint density at radius 1 is 1.40 bits per heavy atom. The molecule has 110 valence electrons. The standard InChI is InChI=1S/C16H23NO3/c1-3-10-20-15-7-5-14(6-8-15)16(18)17-9-4-11-19-13(2)12-17/h5-8,13H,3-4,9-12H2,1-2H3/t13-/m0/s1. The quantitative estimate of drug-likeness (QED) is 0.849. The van der Waals surface area contributed by atoms with Gasteiger partial charge in [0.25, 0.3) is 5.91 Å². The molecule has 0 N–H and O–H groups in total. The highest BCUT2D eigenvalue weighted by atomic mass is 16.5. The van der Waals surface area contributed by atoms with Crippen molar-refractivity contribution in [2.45, 2.75) is 32.8 Å². The molecule has 0 spiro atoms. The van der Waals surface area contributed by atoms with Crippen LogP contribution in [0.2, 0.25) is 0 Å². The summed E-state index contributed by atoms with van der Waals surface area (Å²) in [5, 5.41) is 0. The SMILES string of the molecule is CCCOc1ccc(C(=O)N2CCCO[C@@H](C)C2)cc1. The minimum absolute atomic E-state index is 0.0735. The zero-order valence-electron chi connectivity index (χ0n) is 12.3. The lowest BCUT2D eigenvalue weighted by molar-refractivity contribution is 0.0562. The highest BCUT2D eigenvalue weighted by Gasteiger charge is 2.20. The molecule has 1 atom stereocenters. The molecule has 0 aromatic heterocycles. The second kappa shape index (κ2) is 7.29. The molecule has 4 heteroatoms. The van der Waals surface area contributed by atoms with Crippen molar-refractivity contribution in [2.75, 3.05) is 26.3 Å². The maximum Gasteiger partial charge on any atom is 0.253 e. The zero-order chi connectivity index (χ0) is 14.4. The van der Waals surface area contributed by atoms with Gasteiger partial charge in [-0.25, -0.2) is 0 Å². The number of carbonyl (C=O) groups excluding carboxylic acids is 1. The van der Waals surface area contributed by atoms with Crippen LogP contribution >= 0.6 is 0 Å². The molecule has 0 aliphatic carbocycles. The van der Waals surface area contributed by atoms with Gasteiger partial charge in [0.15, 0.2) is 0 Å². The normalized spacial score (nSPS) is 19.5. The summed E-state index contributed by atoms with van der Waals surface area (Å²) in [5.41, 5.74) is 0.711. The topological polar surface area (TPSA) is 38.8 Å². The van der Waals surface area contributed by atoms with E-state index in [1.807, 2.05) is 36.1 Å². The predicted molar refractivity (Wildman–Crippen MR) is 78.2 cm³/mol. The third kappa shape index (κ3) is 3.97. The van der Waals surface area contributed by atoms with Crippen molar-refractivity contribution in [1.82, 2.24) is 4.90 Å². The van der Waals surface area contributed by atoms with E-state index in [2.05, 4.69) is 6.92 Å². The van der Waals surface area contributed by atoms with Gasteiger partial charge in [0.05, 0.1) is 12.7 Å². The lowest BCUT2D eigenvalue weighted by Crippen LogP contribution is -2.35. The smallest absolute Gasteiger partial charge is 0.253 e.